The lowest BCUT2D eigenvalue weighted by atomic mass is 9.59. The Hall–Kier alpha value is -0.870. The minimum absolute atomic E-state index is 0.0136. The van der Waals surface area contributed by atoms with Gasteiger partial charge in [-0.2, -0.15) is 0 Å². The van der Waals surface area contributed by atoms with E-state index in [1.54, 1.807) is 18.3 Å². The normalized spacial score (nSPS) is 36.7. The lowest BCUT2D eigenvalue weighted by Crippen LogP contribution is -2.40. The van der Waals surface area contributed by atoms with Crippen molar-refractivity contribution in [3.8, 4) is 0 Å². The molecule has 0 aromatic rings. The van der Waals surface area contributed by atoms with Crippen LogP contribution in [0.3, 0.4) is 0 Å². The van der Waals surface area contributed by atoms with Crippen LogP contribution in [-0.2, 0) is 14.3 Å². The largest absolute Gasteiger partial charge is 0.462 e. The van der Waals surface area contributed by atoms with Crippen LogP contribution < -0.4 is 5.32 Å². The molecule has 3 aliphatic rings. The molecule has 0 bridgehead atoms. The van der Waals surface area contributed by atoms with E-state index in [0.717, 1.165) is 39.0 Å². The van der Waals surface area contributed by atoms with Crippen LogP contribution in [-0.4, -0.2) is 38.9 Å². The third kappa shape index (κ3) is 3.34. The van der Waals surface area contributed by atoms with Gasteiger partial charge in [-0.25, -0.2) is 0 Å². The predicted octanol–water partition coefficient (Wildman–Crippen LogP) is 3.07. The summed E-state index contributed by atoms with van der Waals surface area (Å²) in [7, 11) is 1.72. The maximum Gasteiger partial charge on any atom is 0.310 e. The zero-order chi connectivity index (χ0) is 16.4. The molecule has 23 heavy (non-hydrogen) atoms. The van der Waals surface area contributed by atoms with Crippen LogP contribution in [0.15, 0.2) is 11.1 Å². The first-order valence-electron chi connectivity index (χ1n) is 9.14. The van der Waals surface area contributed by atoms with E-state index in [0.29, 0.717) is 5.92 Å². The van der Waals surface area contributed by atoms with Crippen molar-refractivity contribution in [1.82, 2.24) is 5.32 Å². The van der Waals surface area contributed by atoms with Gasteiger partial charge in [-0.1, -0.05) is 18.1 Å². The number of carbonyl (C=O) groups excluding carboxylic acids is 1. The fraction of sp³-hybridized carbons (Fsp3) is 0.842. The van der Waals surface area contributed by atoms with E-state index in [1.165, 1.54) is 19.3 Å². The molecule has 3 rings (SSSR count). The Bertz CT molecular complexity index is 487. The van der Waals surface area contributed by atoms with Gasteiger partial charge >= 0.3 is 5.97 Å². The second-order valence-corrected chi connectivity index (χ2v) is 7.88. The molecule has 130 valence electrons. The molecule has 1 saturated carbocycles. The predicted molar refractivity (Wildman–Crippen MR) is 90.1 cm³/mol. The highest BCUT2D eigenvalue weighted by molar-refractivity contribution is 5.76. The molecule has 1 N–H and O–H groups in total. The fourth-order valence-electron chi connectivity index (χ4n) is 4.94. The third-order valence-corrected chi connectivity index (χ3v) is 6.25. The summed E-state index contributed by atoms with van der Waals surface area (Å²) < 4.78 is 10.8. The first-order valence-corrected chi connectivity index (χ1v) is 9.14. The van der Waals surface area contributed by atoms with Crippen molar-refractivity contribution in [2.75, 3.05) is 26.8 Å². The van der Waals surface area contributed by atoms with E-state index in [4.69, 9.17) is 9.47 Å². The molecule has 0 aromatic carbocycles. The molecule has 0 amide bonds. The molecular formula is C19H31NO3. The molecular weight excluding hydrogens is 290 g/mol. The summed E-state index contributed by atoms with van der Waals surface area (Å²) in [5, 5.41) is 3.42. The Morgan fingerprint density at radius 3 is 3.04 bits per heavy atom. The molecule has 0 radical (unpaired) electrons. The zero-order valence-corrected chi connectivity index (χ0v) is 14.8. The minimum atomic E-state index is 0.0136. The molecule has 2 aliphatic carbocycles. The van der Waals surface area contributed by atoms with E-state index in [9.17, 15) is 4.79 Å². The number of fused-ring (bicyclic) bond motifs is 2. The summed E-state index contributed by atoms with van der Waals surface area (Å²) in [6, 6.07) is 0. The van der Waals surface area contributed by atoms with Gasteiger partial charge in [0.2, 0.25) is 0 Å². The smallest absolute Gasteiger partial charge is 0.310 e. The summed E-state index contributed by atoms with van der Waals surface area (Å²) in [6.45, 7) is 7.08. The van der Waals surface area contributed by atoms with Crippen molar-refractivity contribution in [2.45, 2.75) is 58.5 Å². The standard InChI is InChI=1S/C19H31NO3/c1-13-6-4-7-19(2)11-17-14(10-16(13)19)15(18(21)23-17)12-20-8-5-9-22-3/h14-15,17,20H,4-12H2,1-3H3. The van der Waals surface area contributed by atoms with Gasteiger partial charge in [0.15, 0.2) is 0 Å². The number of ether oxygens (including phenoxy) is 2. The highest BCUT2D eigenvalue weighted by Crippen LogP contribution is 2.54. The Morgan fingerprint density at radius 1 is 1.43 bits per heavy atom. The van der Waals surface area contributed by atoms with Gasteiger partial charge in [0.25, 0.3) is 0 Å². The van der Waals surface area contributed by atoms with Crippen LogP contribution in [0.1, 0.15) is 52.4 Å². The highest BCUT2D eigenvalue weighted by Gasteiger charge is 2.52. The van der Waals surface area contributed by atoms with E-state index in [1.807, 2.05) is 0 Å². The molecule has 4 atom stereocenters. The summed E-state index contributed by atoms with van der Waals surface area (Å²) in [5.41, 5.74) is 3.47. The number of allylic oxidation sites excluding steroid dienone is 2. The van der Waals surface area contributed by atoms with Gasteiger partial charge in [-0.15, -0.1) is 0 Å². The van der Waals surface area contributed by atoms with Crippen LogP contribution in [0.5, 0.6) is 0 Å². The minimum Gasteiger partial charge on any atom is -0.462 e. The Labute approximate surface area is 140 Å². The lowest BCUT2D eigenvalue weighted by molar-refractivity contribution is -0.145. The number of hydrogen-bond donors (Lipinski definition) is 1. The molecule has 0 spiro atoms. The Kier molecular flexibility index (Phi) is 5.12. The summed E-state index contributed by atoms with van der Waals surface area (Å²) in [5.74, 6) is 0.405. The monoisotopic (exact) mass is 321 g/mol. The summed E-state index contributed by atoms with van der Waals surface area (Å²) >= 11 is 0. The first-order chi connectivity index (χ1) is 11.0. The third-order valence-electron chi connectivity index (χ3n) is 6.25. The van der Waals surface area contributed by atoms with Crippen molar-refractivity contribution in [1.29, 1.82) is 0 Å². The molecule has 4 heteroatoms. The number of hydrogen-bond acceptors (Lipinski definition) is 4. The van der Waals surface area contributed by atoms with E-state index in [2.05, 4.69) is 19.2 Å². The average Bonchev–Trinajstić information content (AvgIpc) is 2.79. The van der Waals surface area contributed by atoms with Crippen LogP contribution in [0, 0.1) is 17.3 Å². The van der Waals surface area contributed by atoms with Gasteiger partial charge in [-0.05, 0) is 57.4 Å². The van der Waals surface area contributed by atoms with Crippen molar-refractivity contribution in [3.05, 3.63) is 11.1 Å². The van der Waals surface area contributed by atoms with Gasteiger partial charge < -0.3 is 14.8 Å². The molecule has 4 nitrogen and oxygen atoms in total. The quantitative estimate of drug-likeness (QED) is 0.464. The van der Waals surface area contributed by atoms with E-state index >= 15 is 0 Å². The second kappa shape index (κ2) is 6.94. The lowest BCUT2D eigenvalue weighted by Gasteiger charge is -2.45. The second-order valence-electron chi connectivity index (χ2n) is 7.88. The van der Waals surface area contributed by atoms with Gasteiger partial charge in [0.1, 0.15) is 6.10 Å². The van der Waals surface area contributed by atoms with Gasteiger partial charge in [-0.3, -0.25) is 4.79 Å². The number of methoxy groups -OCH3 is 1. The van der Waals surface area contributed by atoms with Crippen LogP contribution >= 0.6 is 0 Å². The molecule has 1 heterocycles. The van der Waals surface area contributed by atoms with Crippen molar-refractivity contribution in [2.24, 2.45) is 17.3 Å². The maximum atomic E-state index is 12.3. The van der Waals surface area contributed by atoms with Crippen LogP contribution in [0.4, 0.5) is 0 Å². The topological polar surface area (TPSA) is 47.6 Å². The first kappa shape index (κ1) is 17.0. The van der Waals surface area contributed by atoms with Crippen molar-refractivity contribution >= 4 is 5.97 Å². The molecule has 4 unspecified atom stereocenters. The molecule has 1 aliphatic heterocycles. The summed E-state index contributed by atoms with van der Waals surface area (Å²) in [6.07, 6.45) is 6.96. The SMILES string of the molecule is COCCCNCC1C(=O)OC2CC3(C)CCCC(C)=C3CC21. The Morgan fingerprint density at radius 2 is 2.26 bits per heavy atom. The fourth-order valence-corrected chi connectivity index (χ4v) is 4.94. The van der Waals surface area contributed by atoms with E-state index in [-0.39, 0.29) is 23.4 Å². The number of nitrogens with one attached hydrogen (secondary N) is 1. The molecule has 2 fully saturated rings. The summed E-state index contributed by atoms with van der Waals surface area (Å²) in [4.78, 5) is 12.3. The van der Waals surface area contributed by atoms with Crippen LogP contribution in [0.25, 0.3) is 0 Å². The number of carbonyl (C=O) groups is 1. The van der Waals surface area contributed by atoms with Crippen molar-refractivity contribution in [3.63, 3.8) is 0 Å². The molecule has 1 saturated heterocycles. The average molecular weight is 321 g/mol. The Balaban J connectivity index is 1.65. The molecule has 0 aromatic heterocycles. The van der Waals surface area contributed by atoms with Crippen LogP contribution in [0.2, 0.25) is 0 Å². The maximum absolute atomic E-state index is 12.3. The zero-order valence-electron chi connectivity index (χ0n) is 14.8. The van der Waals surface area contributed by atoms with Gasteiger partial charge in [0.05, 0.1) is 5.92 Å². The highest BCUT2D eigenvalue weighted by atomic mass is 16.6. The number of esters is 1. The number of rotatable bonds is 6. The van der Waals surface area contributed by atoms with Crippen molar-refractivity contribution < 1.29 is 14.3 Å². The van der Waals surface area contributed by atoms with Gasteiger partial charge in [0, 0.05) is 26.2 Å². The van der Waals surface area contributed by atoms with E-state index < -0.39 is 0 Å².